The number of rotatable bonds is 7. The van der Waals surface area contributed by atoms with Gasteiger partial charge in [-0.2, -0.15) is 0 Å². The number of nitrogens with zero attached hydrogens (tertiary/aromatic N) is 1. The number of hydrogen-bond donors (Lipinski definition) is 2. The maximum absolute atomic E-state index is 12.9. The lowest BCUT2D eigenvalue weighted by atomic mass is 10.3. The summed E-state index contributed by atoms with van der Waals surface area (Å²) in [6.07, 6.45) is 1.80. The number of anilines is 3. The number of ether oxygens (including phenoxy) is 1. The van der Waals surface area contributed by atoms with Crippen LogP contribution in [0.3, 0.4) is 0 Å². The van der Waals surface area contributed by atoms with E-state index in [1.807, 2.05) is 30.3 Å². The van der Waals surface area contributed by atoms with Crippen molar-refractivity contribution >= 4 is 23.1 Å². The van der Waals surface area contributed by atoms with Crippen molar-refractivity contribution < 1.29 is 13.9 Å². The van der Waals surface area contributed by atoms with Gasteiger partial charge in [0.2, 0.25) is 5.91 Å². The molecule has 0 aliphatic carbocycles. The number of halogens is 1. The third-order valence-electron chi connectivity index (χ3n) is 3.50. The van der Waals surface area contributed by atoms with Crippen LogP contribution in [0.1, 0.15) is 6.42 Å². The molecule has 5 nitrogen and oxygen atoms in total. The third-order valence-corrected chi connectivity index (χ3v) is 3.50. The van der Waals surface area contributed by atoms with E-state index in [0.717, 1.165) is 11.4 Å². The number of benzene rings is 2. The van der Waals surface area contributed by atoms with Crippen LogP contribution in [0.4, 0.5) is 21.6 Å². The van der Waals surface area contributed by atoms with E-state index < -0.39 is 0 Å². The molecule has 6 heteroatoms. The SMILES string of the molecule is O=C(CCOc1ccccc1)Nc1ccc(Nc2ccc(F)cc2)nc1. The lowest BCUT2D eigenvalue weighted by Gasteiger charge is -2.09. The Labute approximate surface area is 150 Å². The molecule has 0 fully saturated rings. The van der Waals surface area contributed by atoms with Crippen molar-refractivity contribution in [3.05, 3.63) is 78.7 Å². The summed E-state index contributed by atoms with van der Waals surface area (Å²) in [5.41, 5.74) is 1.33. The zero-order valence-electron chi connectivity index (χ0n) is 14.0. The first-order chi connectivity index (χ1) is 12.7. The summed E-state index contributed by atoms with van der Waals surface area (Å²) in [7, 11) is 0. The van der Waals surface area contributed by atoms with E-state index in [-0.39, 0.29) is 18.1 Å². The molecule has 3 aromatic rings. The van der Waals surface area contributed by atoms with Crippen molar-refractivity contribution in [2.75, 3.05) is 17.2 Å². The first-order valence-corrected chi connectivity index (χ1v) is 8.15. The zero-order chi connectivity index (χ0) is 18.2. The van der Waals surface area contributed by atoms with Crippen LogP contribution in [0.15, 0.2) is 72.9 Å². The van der Waals surface area contributed by atoms with Crippen LogP contribution in [0.2, 0.25) is 0 Å². The van der Waals surface area contributed by atoms with Crippen molar-refractivity contribution in [2.45, 2.75) is 6.42 Å². The van der Waals surface area contributed by atoms with Crippen molar-refractivity contribution in [1.82, 2.24) is 4.98 Å². The first kappa shape index (κ1) is 17.4. The normalized spacial score (nSPS) is 10.2. The Kier molecular flexibility index (Phi) is 5.77. The Morgan fingerprint density at radius 1 is 0.962 bits per heavy atom. The van der Waals surface area contributed by atoms with E-state index in [1.54, 1.807) is 30.5 Å². The smallest absolute Gasteiger partial charge is 0.227 e. The zero-order valence-corrected chi connectivity index (χ0v) is 14.0. The minimum atomic E-state index is -0.294. The Hall–Kier alpha value is -3.41. The predicted octanol–water partition coefficient (Wildman–Crippen LogP) is 4.37. The fourth-order valence-electron chi connectivity index (χ4n) is 2.22. The second-order valence-corrected chi connectivity index (χ2v) is 5.52. The maximum Gasteiger partial charge on any atom is 0.227 e. The van der Waals surface area contributed by atoms with Crippen LogP contribution in [0, 0.1) is 5.82 Å². The molecule has 0 radical (unpaired) electrons. The van der Waals surface area contributed by atoms with Gasteiger partial charge in [-0.1, -0.05) is 18.2 Å². The van der Waals surface area contributed by atoms with Crippen LogP contribution in [-0.4, -0.2) is 17.5 Å². The van der Waals surface area contributed by atoms with Gasteiger partial charge in [0.05, 0.1) is 24.9 Å². The Morgan fingerprint density at radius 2 is 1.69 bits per heavy atom. The average Bonchev–Trinajstić information content (AvgIpc) is 2.66. The highest BCUT2D eigenvalue weighted by Crippen LogP contribution is 2.16. The standard InChI is InChI=1S/C20H18FN3O2/c21-15-6-8-16(9-7-15)23-19-11-10-17(14-22-19)24-20(25)12-13-26-18-4-2-1-3-5-18/h1-11,14H,12-13H2,(H,22,23)(H,24,25). The van der Waals surface area contributed by atoms with Crippen LogP contribution < -0.4 is 15.4 Å². The lowest BCUT2D eigenvalue weighted by Crippen LogP contribution is -2.15. The van der Waals surface area contributed by atoms with E-state index in [2.05, 4.69) is 15.6 Å². The molecule has 0 aliphatic heterocycles. The van der Waals surface area contributed by atoms with Crippen LogP contribution >= 0.6 is 0 Å². The molecule has 0 aliphatic rings. The van der Waals surface area contributed by atoms with E-state index in [9.17, 15) is 9.18 Å². The molecule has 132 valence electrons. The summed E-state index contributed by atoms with van der Waals surface area (Å²) in [5.74, 6) is 0.889. The van der Waals surface area contributed by atoms with E-state index in [1.165, 1.54) is 12.1 Å². The molecule has 2 aromatic carbocycles. The van der Waals surface area contributed by atoms with Gasteiger partial charge in [0, 0.05) is 5.69 Å². The molecule has 1 amide bonds. The van der Waals surface area contributed by atoms with E-state index in [0.29, 0.717) is 18.1 Å². The largest absolute Gasteiger partial charge is 0.493 e. The summed E-state index contributed by atoms with van der Waals surface area (Å²) in [5, 5.41) is 5.82. The number of hydrogen-bond acceptors (Lipinski definition) is 4. The summed E-state index contributed by atoms with van der Waals surface area (Å²) >= 11 is 0. The summed E-state index contributed by atoms with van der Waals surface area (Å²) < 4.78 is 18.4. The summed E-state index contributed by atoms with van der Waals surface area (Å²) in [6.45, 7) is 0.299. The fraction of sp³-hybridized carbons (Fsp3) is 0.100. The monoisotopic (exact) mass is 351 g/mol. The van der Waals surface area contributed by atoms with Gasteiger partial charge in [0.15, 0.2) is 0 Å². The van der Waals surface area contributed by atoms with Gasteiger partial charge in [0.1, 0.15) is 17.4 Å². The average molecular weight is 351 g/mol. The minimum absolute atomic E-state index is 0.151. The lowest BCUT2D eigenvalue weighted by molar-refractivity contribution is -0.116. The molecule has 2 N–H and O–H groups in total. The number of carbonyl (C=O) groups excluding carboxylic acids is 1. The Bertz CT molecular complexity index is 837. The first-order valence-electron chi connectivity index (χ1n) is 8.15. The highest BCUT2D eigenvalue weighted by molar-refractivity contribution is 5.90. The number of aromatic nitrogens is 1. The molecule has 0 atom stereocenters. The number of carbonyl (C=O) groups is 1. The van der Waals surface area contributed by atoms with Gasteiger partial charge < -0.3 is 15.4 Å². The van der Waals surface area contributed by atoms with Gasteiger partial charge in [0.25, 0.3) is 0 Å². The second-order valence-electron chi connectivity index (χ2n) is 5.52. The van der Waals surface area contributed by atoms with Gasteiger partial charge >= 0.3 is 0 Å². The molecular weight excluding hydrogens is 333 g/mol. The fourth-order valence-corrected chi connectivity index (χ4v) is 2.22. The van der Waals surface area contributed by atoms with E-state index >= 15 is 0 Å². The molecule has 0 bridgehead atoms. The van der Waals surface area contributed by atoms with Crippen molar-refractivity contribution in [3.8, 4) is 5.75 Å². The third kappa shape index (κ3) is 5.31. The summed E-state index contributed by atoms with van der Waals surface area (Å²) in [4.78, 5) is 16.2. The van der Waals surface area contributed by atoms with Crippen LogP contribution in [0.25, 0.3) is 0 Å². The van der Waals surface area contributed by atoms with Crippen molar-refractivity contribution in [2.24, 2.45) is 0 Å². The molecule has 0 saturated carbocycles. The molecule has 0 unspecified atom stereocenters. The molecule has 0 saturated heterocycles. The molecular formula is C20H18FN3O2. The molecule has 3 rings (SSSR count). The molecule has 1 aromatic heterocycles. The Balaban J connectivity index is 1.46. The topological polar surface area (TPSA) is 63.2 Å². The van der Waals surface area contributed by atoms with Gasteiger partial charge in [-0.05, 0) is 48.5 Å². The second kappa shape index (κ2) is 8.62. The molecule has 26 heavy (non-hydrogen) atoms. The number of pyridine rings is 1. The number of nitrogens with one attached hydrogen (secondary N) is 2. The van der Waals surface area contributed by atoms with Crippen molar-refractivity contribution in [3.63, 3.8) is 0 Å². The highest BCUT2D eigenvalue weighted by Gasteiger charge is 2.04. The predicted molar refractivity (Wildman–Crippen MR) is 99.1 cm³/mol. The summed E-state index contributed by atoms with van der Waals surface area (Å²) in [6, 6.07) is 18.8. The Morgan fingerprint density at radius 3 is 2.38 bits per heavy atom. The van der Waals surface area contributed by atoms with Crippen LogP contribution in [-0.2, 0) is 4.79 Å². The van der Waals surface area contributed by atoms with Crippen molar-refractivity contribution in [1.29, 1.82) is 0 Å². The quantitative estimate of drug-likeness (QED) is 0.663. The maximum atomic E-state index is 12.9. The van der Waals surface area contributed by atoms with Gasteiger partial charge in [-0.15, -0.1) is 0 Å². The van der Waals surface area contributed by atoms with E-state index in [4.69, 9.17) is 4.74 Å². The molecule has 0 spiro atoms. The number of para-hydroxylation sites is 1. The minimum Gasteiger partial charge on any atom is -0.493 e. The van der Waals surface area contributed by atoms with Gasteiger partial charge in [-0.25, -0.2) is 9.37 Å². The van der Waals surface area contributed by atoms with Crippen LogP contribution in [0.5, 0.6) is 5.75 Å². The highest BCUT2D eigenvalue weighted by atomic mass is 19.1. The molecule has 1 heterocycles. The van der Waals surface area contributed by atoms with Gasteiger partial charge in [-0.3, -0.25) is 4.79 Å². The number of amides is 1.